The number of guanidine groups is 1. The minimum Gasteiger partial charge on any atom is -0.444 e. The molecule has 0 radical (unpaired) electrons. The normalized spacial score (nSPS) is 13.2. The number of unbranched alkanes of at least 4 members (excludes halogenated alkanes) is 1. The predicted molar refractivity (Wildman–Crippen MR) is 127 cm³/mol. The zero-order valence-electron chi connectivity index (χ0n) is 21.4. The van der Waals surface area contributed by atoms with Crippen LogP contribution >= 0.6 is 0 Å². The first-order valence-corrected chi connectivity index (χ1v) is 11.4. The van der Waals surface area contributed by atoms with E-state index in [2.05, 4.69) is 20.9 Å². The number of nitrogens with zero attached hydrogens (tertiary/aromatic N) is 1. The Morgan fingerprint density at radius 3 is 1.82 bits per heavy atom. The molecule has 0 saturated heterocycles. The van der Waals surface area contributed by atoms with E-state index in [0.29, 0.717) is 45.2 Å². The molecule has 0 heterocycles. The summed E-state index contributed by atoms with van der Waals surface area (Å²) < 4.78 is 10.4. The molecule has 0 bridgehead atoms. The Kier molecular flexibility index (Phi) is 12.7. The van der Waals surface area contributed by atoms with Gasteiger partial charge in [-0.25, -0.2) is 9.59 Å². The Balaban J connectivity index is 4.96. The van der Waals surface area contributed by atoms with Crippen LogP contribution in [0.3, 0.4) is 0 Å². The molecule has 33 heavy (non-hydrogen) atoms. The Bertz CT molecular complexity index is 662. The van der Waals surface area contributed by atoms with Crippen LogP contribution in [0.5, 0.6) is 0 Å². The van der Waals surface area contributed by atoms with Gasteiger partial charge in [0.25, 0.3) is 0 Å². The molecule has 3 N–H and O–H groups in total. The molecule has 10 nitrogen and oxygen atoms in total. The van der Waals surface area contributed by atoms with E-state index < -0.39 is 28.8 Å². The molecule has 0 saturated carbocycles. The second-order valence-corrected chi connectivity index (χ2v) is 10.1. The molecule has 0 aliphatic heterocycles. The predicted octanol–water partition coefficient (Wildman–Crippen LogP) is 3.68. The van der Waals surface area contributed by atoms with Crippen molar-refractivity contribution in [3.63, 3.8) is 0 Å². The van der Waals surface area contributed by atoms with Gasteiger partial charge in [0.2, 0.25) is 11.9 Å². The van der Waals surface area contributed by atoms with Crippen molar-refractivity contribution in [2.24, 2.45) is 10.4 Å². The average Bonchev–Trinajstić information content (AvgIpc) is 2.64. The first-order valence-electron chi connectivity index (χ1n) is 11.4. The van der Waals surface area contributed by atoms with E-state index in [1.165, 1.54) is 0 Å². The zero-order valence-corrected chi connectivity index (χ0v) is 21.4. The minimum absolute atomic E-state index is 0.0663. The number of carbonyl (C=O) groups is 4. The summed E-state index contributed by atoms with van der Waals surface area (Å²) in [6.07, 6.45) is 2.21. The number of rotatable bonds is 10. The molecule has 0 aliphatic rings. The number of ether oxygens (including phenoxy) is 2. The molecule has 0 aliphatic carbocycles. The second-order valence-electron chi connectivity index (χ2n) is 10.1. The van der Waals surface area contributed by atoms with Crippen molar-refractivity contribution >= 4 is 30.3 Å². The van der Waals surface area contributed by atoms with Crippen LogP contribution in [0.1, 0.15) is 87.5 Å². The van der Waals surface area contributed by atoms with Gasteiger partial charge in [0, 0.05) is 24.9 Å². The molecular formula is C23H42N4O6. The van der Waals surface area contributed by atoms with Gasteiger partial charge >= 0.3 is 12.2 Å². The van der Waals surface area contributed by atoms with Crippen molar-refractivity contribution in [3.8, 4) is 0 Å². The lowest BCUT2D eigenvalue weighted by Gasteiger charge is -2.26. The van der Waals surface area contributed by atoms with Crippen LogP contribution in [0.2, 0.25) is 0 Å². The van der Waals surface area contributed by atoms with Crippen molar-refractivity contribution in [2.75, 3.05) is 13.1 Å². The standard InChI is InChI=1S/C23H42N4O6/c1-9-23(8,17(29)24-15-12-16-28)13-10-11-14-25-18(26-19(30)32-21(2,3)4)27-20(31)33-22(5,6)7/h16H,9-15H2,1-8H3,(H,24,29)(H2,25,26,27,30,31). The van der Waals surface area contributed by atoms with E-state index in [9.17, 15) is 19.2 Å². The van der Waals surface area contributed by atoms with Gasteiger partial charge in [-0.05, 0) is 60.8 Å². The topological polar surface area (TPSA) is 135 Å². The van der Waals surface area contributed by atoms with Crippen molar-refractivity contribution in [2.45, 2.75) is 98.7 Å². The molecule has 1 atom stereocenters. The van der Waals surface area contributed by atoms with Gasteiger partial charge in [-0.15, -0.1) is 0 Å². The third kappa shape index (κ3) is 14.9. The summed E-state index contributed by atoms with van der Waals surface area (Å²) in [4.78, 5) is 51.4. The zero-order chi connectivity index (χ0) is 25.7. The van der Waals surface area contributed by atoms with E-state index in [1.807, 2.05) is 13.8 Å². The average molecular weight is 471 g/mol. The molecule has 10 heteroatoms. The summed E-state index contributed by atoms with van der Waals surface area (Å²) in [6.45, 7) is 14.8. The maximum atomic E-state index is 12.4. The highest BCUT2D eigenvalue weighted by Crippen LogP contribution is 2.28. The summed E-state index contributed by atoms with van der Waals surface area (Å²) >= 11 is 0. The molecule has 190 valence electrons. The van der Waals surface area contributed by atoms with Gasteiger partial charge in [-0.1, -0.05) is 20.3 Å². The number of amides is 3. The van der Waals surface area contributed by atoms with E-state index in [1.54, 1.807) is 41.5 Å². The van der Waals surface area contributed by atoms with Gasteiger partial charge in [-0.2, -0.15) is 0 Å². The highest BCUT2D eigenvalue weighted by Gasteiger charge is 2.30. The molecular weight excluding hydrogens is 428 g/mol. The number of hydrogen-bond donors (Lipinski definition) is 3. The molecule has 0 aromatic heterocycles. The van der Waals surface area contributed by atoms with Crippen LogP contribution in [-0.4, -0.2) is 54.6 Å². The maximum Gasteiger partial charge on any atom is 0.414 e. The lowest BCUT2D eigenvalue weighted by molar-refractivity contribution is -0.130. The summed E-state index contributed by atoms with van der Waals surface area (Å²) in [5.74, 6) is -0.141. The highest BCUT2D eigenvalue weighted by atomic mass is 16.6. The summed E-state index contributed by atoms with van der Waals surface area (Å²) in [6, 6.07) is 0. The number of carbonyl (C=O) groups excluding carboxylic acids is 4. The monoisotopic (exact) mass is 470 g/mol. The van der Waals surface area contributed by atoms with Crippen LogP contribution in [0.4, 0.5) is 9.59 Å². The molecule has 0 aromatic rings. The Morgan fingerprint density at radius 2 is 1.39 bits per heavy atom. The van der Waals surface area contributed by atoms with Gasteiger partial charge in [0.15, 0.2) is 0 Å². The van der Waals surface area contributed by atoms with Crippen LogP contribution in [0.15, 0.2) is 4.99 Å². The third-order valence-corrected chi connectivity index (χ3v) is 4.52. The molecule has 0 aromatic carbocycles. The van der Waals surface area contributed by atoms with Crippen molar-refractivity contribution in [1.29, 1.82) is 0 Å². The van der Waals surface area contributed by atoms with E-state index >= 15 is 0 Å². The van der Waals surface area contributed by atoms with Gasteiger partial charge in [0.05, 0.1) is 0 Å². The van der Waals surface area contributed by atoms with E-state index in [4.69, 9.17) is 9.47 Å². The number of aliphatic imine (C=N–C) groups is 1. The SMILES string of the molecule is CCC(C)(CCCCN=C(NC(=O)OC(C)(C)C)NC(=O)OC(C)(C)C)C(=O)NCCC=O. The Labute approximate surface area is 197 Å². The molecule has 0 rings (SSSR count). The maximum absolute atomic E-state index is 12.4. The Hall–Kier alpha value is -2.65. The van der Waals surface area contributed by atoms with Crippen molar-refractivity contribution in [3.05, 3.63) is 0 Å². The van der Waals surface area contributed by atoms with Crippen LogP contribution in [-0.2, 0) is 19.1 Å². The summed E-state index contributed by atoms with van der Waals surface area (Å²) in [5, 5.41) is 7.67. The Morgan fingerprint density at radius 1 is 0.879 bits per heavy atom. The smallest absolute Gasteiger partial charge is 0.414 e. The van der Waals surface area contributed by atoms with Gasteiger partial charge < -0.3 is 19.6 Å². The molecule has 0 spiro atoms. The van der Waals surface area contributed by atoms with Crippen molar-refractivity contribution < 1.29 is 28.7 Å². The fraction of sp³-hybridized carbons (Fsp3) is 0.783. The molecule has 0 fully saturated rings. The quantitative estimate of drug-likeness (QED) is 0.193. The lowest BCUT2D eigenvalue weighted by atomic mass is 9.81. The molecule has 1 unspecified atom stereocenters. The summed E-state index contributed by atoms with van der Waals surface area (Å²) in [7, 11) is 0. The van der Waals surface area contributed by atoms with E-state index in [0.717, 1.165) is 6.29 Å². The van der Waals surface area contributed by atoms with Gasteiger partial charge in [0.1, 0.15) is 17.5 Å². The number of alkyl carbamates (subject to hydrolysis) is 2. The summed E-state index contributed by atoms with van der Waals surface area (Å²) in [5.41, 5.74) is -1.96. The number of hydrogen-bond acceptors (Lipinski definition) is 7. The van der Waals surface area contributed by atoms with Crippen LogP contribution in [0, 0.1) is 5.41 Å². The first-order chi connectivity index (χ1) is 15.1. The lowest BCUT2D eigenvalue weighted by Crippen LogP contribution is -2.47. The molecule has 3 amide bonds. The van der Waals surface area contributed by atoms with Crippen LogP contribution in [0.25, 0.3) is 0 Å². The largest absolute Gasteiger partial charge is 0.444 e. The van der Waals surface area contributed by atoms with E-state index in [-0.39, 0.29) is 11.9 Å². The van der Waals surface area contributed by atoms with Crippen molar-refractivity contribution in [1.82, 2.24) is 16.0 Å². The third-order valence-electron chi connectivity index (χ3n) is 4.52. The second kappa shape index (κ2) is 13.8. The van der Waals surface area contributed by atoms with Gasteiger partial charge in [-0.3, -0.25) is 20.4 Å². The first kappa shape index (κ1) is 30.4. The van der Waals surface area contributed by atoms with Crippen LogP contribution < -0.4 is 16.0 Å². The highest BCUT2D eigenvalue weighted by molar-refractivity contribution is 6.01. The number of aldehydes is 1. The number of nitrogens with one attached hydrogen (secondary N) is 3. The fourth-order valence-corrected chi connectivity index (χ4v) is 2.64. The fourth-order valence-electron chi connectivity index (χ4n) is 2.64. The minimum atomic E-state index is -0.747.